The number of benzene rings is 2. The van der Waals surface area contributed by atoms with Crippen molar-refractivity contribution in [3.8, 4) is 0 Å². The maximum Gasteiger partial charge on any atom is 0.293 e. The quantitative estimate of drug-likeness (QED) is 0.572. The molecule has 7 nitrogen and oxygen atoms in total. The molecular formula is C18H21N3O4S. The maximum atomic E-state index is 12.7. The maximum absolute atomic E-state index is 12.7. The molecule has 1 fully saturated rings. The Labute approximate surface area is 153 Å². The van der Waals surface area contributed by atoms with Gasteiger partial charge in [-0.1, -0.05) is 30.3 Å². The first-order chi connectivity index (χ1) is 12.4. The van der Waals surface area contributed by atoms with Crippen LogP contribution in [0.3, 0.4) is 0 Å². The van der Waals surface area contributed by atoms with Crippen molar-refractivity contribution in [3.05, 3.63) is 64.2 Å². The van der Waals surface area contributed by atoms with Crippen molar-refractivity contribution in [3.63, 3.8) is 0 Å². The van der Waals surface area contributed by atoms with Gasteiger partial charge in [0.15, 0.2) is 0 Å². The summed E-state index contributed by atoms with van der Waals surface area (Å²) in [6.45, 7) is 1.41. The Hall–Kier alpha value is -2.45. The van der Waals surface area contributed by atoms with Gasteiger partial charge in [0.2, 0.25) is 10.0 Å². The lowest BCUT2D eigenvalue weighted by atomic mass is 10.2. The Morgan fingerprint density at radius 3 is 2.38 bits per heavy atom. The summed E-state index contributed by atoms with van der Waals surface area (Å²) in [5.41, 5.74) is 1.20. The molecule has 0 amide bonds. The van der Waals surface area contributed by atoms with Gasteiger partial charge in [0.1, 0.15) is 5.69 Å². The van der Waals surface area contributed by atoms with E-state index in [0.717, 1.165) is 18.4 Å². The molecule has 0 atom stereocenters. The van der Waals surface area contributed by atoms with E-state index in [2.05, 4.69) is 0 Å². The van der Waals surface area contributed by atoms with E-state index < -0.39 is 14.9 Å². The van der Waals surface area contributed by atoms with Gasteiger partial charge in [-0.05, 0) is 30.5 Å². The molecule has 0 radical (unpaired) electrons. The third-order valence-corrected chi connectivity index (χ3v) is 6.41. The number of nitro benzene ring substituents is 1. The zero-order valence-corrected chi connectivity index (χ0v) is 15.4. The van der Waals surface area contributed by atoms with E-state index in [1.807, 2.05) is 30.3 Å². The van der Waals surface area contributed by atoms with Crippen molar-refractivity contribution in [1.82, 2.24) is 4.31 Å². The van der Waals surface area contributed by atoms with E-state index in [4.69, 9.17) is 0 Å². The molecule has 0 N–H and O–H groups in total. The van der Waals surface area contributed by atoms with Crippen molar-refractivity contribution in [2.75, 3.05) is 25.0 Å². The van der Waals surface area contributed by atoms with Gasteiger partial charge >= 0.3 is 0 Å². The van der Waals surface area contributed by atoms with Crippen LogP contribution in [0, 0.1) is 10.1 Å². The number of rotatable bonds is 6. The predicted molar refractivity (Wildman–Crippen MR) is 99.6 cm³/mol. The standard InChI is InChI=1S/C18H21N3O4S/c1-19(14-15-7-3-2-4-8-15)17-10-9-16(13-18(17)21(22)23)26(24,25)20-11-5-6-12-20/h2-4,7-10,13H,5-6,11-12,14H2,1H3. The minimum absolute atomic E-state index is 0.0250. The first kappa shape index (κ1) is 18.3. The fraction of sp³-hybridized carbons (Fsp3) is 0.333. The van der Waals surface area contributed by atoms with Gasteiger partial charge < -0.3 is 4.90 Å². The Morgan fingerprint density at radius 2 is 1.77 bits per heavy atom. The molecule has 2 aromatic carbocycles. The molecule has 2 aromatic rings. The average Bonchev–Trinajstić information content (AvgIpc) is 3.17. The SMILES string of the molecule is CN(Cc1ccccc1)c1ccc(S(=O)(=O)N2CCCC2)cc1[N+](=O)[O-]. The summed E-state index contributed by atoms with van der Waals surface area (Å²) in [6, 6.07) is 13.7. The number of anilines is 1. The molecule has 138 valence electrons. The van der Waals surface area contributed by atoms with Crippen LogP contribution in [-0.4, -0.2) is 37.8 Å². The van der Waals surface area contributed by atoms with Gasteiger partial charge in [0.25, 0.3) is 5.69 Å². The highest BCUT2D eigenvalue weighted by Gasteiger charge is 2.30. The first-order valence-electron chi connectivity index (χ1n) is 8.43. The van der Waals surface area contributed by atoms with Crippen LogP contribution >= 0.6 is 0 Å². The molecule has 1 aliphatic rings. The Bertz CT molecular complexity index is 894. The van der Waals surface area contributed by atoms with Gasteiger partial charge in [-0.25, -0.2) is 8.42 Å². The summed E-state index contributed by atoms with van der Waals surface area (Å²) in [5, 5.41) is 11.5. The molecule has 1 aliphatic heterocycles. The van der Waals surface area contributed by atoms with Crippen LogP contribution in [0.5, 0.6) is 0 Å². The summed E-state index contributed by atoms with van der Waals surface area (Å²) in [6.07, 6.45) is 1.64. The third-order valence-electron chi connectivity index (χ3n) is 4.52. The van der Waals surface area contributed by atoms with Gasteiger partial charge in [0, 0.05) is 32.7 Å². The number of sulfonamides is 1. The van der Waals surface area contributed by atoms with E-state index in [9.17, 15) is 18.5 Å². The molecule has 1 heterocycles. The summed E-state index contributed by atoms with van der Waals surface area (Å²) < 4.78 is 26.7. The van der Waals surface area contributed by atoms with Crippen molar-refractivity contribution < 1.29 is 13.3 Å². The highest BCUT2D eigenvalue weighted by molar-refractivity contribution is 7.89. The molecule has 0 unspecified atom stereocenters. The molecule has 8 heteroatoms. The Balaban J connectivity index is 1.93. The van der Waals surface area contributed by atoms with E-state index in [-0.39, 0.29) is 10.6 Å². The van der Waals surface area contributed by atoms with Crippen LogP contribution < -0.4 is 4.90 Å². The molecule has 0 spiro atoms. The van der Waals surface area contributed by atoms with E-state index in [1.54, 1.807) is 11.9 Å². The average molecular weight is 375 g/mol. The highest BCUT2D eigenvalue weighted by Crippen LogP contribution is 2.32. The van der Waals surface area contributed by atoms with Gasteiger partial charge in [0.05, 0.1) is 9.82 Å². The van der Waals surface area contributed by atoms with Crippen molar-refractivity contribution >= 4 is 21.4 Å². The minimum Gasteiger partial charge on any atom is -0.365 e. The highest BCUT2D eigenvalue weighted by atomic mass is 32.2. The summed E-state index contributed by atoms with van der Waals surface area (Å²) >= 11 is 0. The van der Waals surface area contributed by atoms with Crippen LogP contribution in [0.25, 0.3) is 0 Å². The largest absolute Gasteiger partial charge is 0.365 e. The predicted octanol–water partition coefficient (Wildman–Crippen LogP) is 3.02. The lowest BCUT2D eigenvalue weighted by Crippen LogP contribution is -2.28. The monoisotopic (exact) mass is 375 g/mol. The molecule has 26 heavy (non-hydrogen) atoms. The van der Waals surface area contributed by atoms with Crippen LogP contribution in [0.1, 0.15) is 18.4 Å². The second-order valence-corrected chi connectivity index (χ2v) is 8.30. The smallest absolute Gasteiger partial charge is 0.293 e. The fourth-order valence-electron chi connectivity index (χ4n) is 3.15. The molecule has 0 bridgehead atoms. The van der Waals surface area contributed by atoms with Crippen molar-refractivity contribution in [1.29, 1.82) is 0 Å². The topological polar surface area (TPSA) is 83.8 Å². The summed E-state index contributed by atoms with van der Waals surface area (Å²) in [4.78, 5) is 12.7. The Morgan fingerprint density at radius 1 is 1.12 bits per heavy atom. The fourth-order valence-corrected chi connectivity index (χ4v) is 4.69. The number of nitro groups is 1. The Kier molecular flexibility index (Phi) is 5.24. The molecule has 0 saturated carbocycles. The first-order valence-corrected chi connectivity index (χ1v) is 9.87. The molecule has 3 rings (SSSR count). The molecule has 0 aliphatic carbocycles. The van der Waals surface area contributed by atoms with Crippen LogP contribution in [0.4, 0.5) is 11.4 Å². The summed E-state index contributed by atoms with van der Waals surface area (Å²) in [7, 11) is -1.93. The molecule has 1 saturated heterocycles. The number of nitrogens with zero attached hydrogens (tertiary/aromatic N) is 3. The normalized spacial score (nSPS) is 15.1. The van der Waals surface area contributed by atoms with Gasteiger partial charge in [-0.15, -0.1) is 0 Å². The van der Waals surface area contributed by atoms with Crippen LogP contribution in [-0.2, 0) is 16.6 Å². The molecular weight excluding hydrogens is 354 g/mol. The number of hydrogen-bond donors (Lipinski definition) is 0. The third kappa shape index (κ3) is 3.71. The zero-order chi connectivity index (χ0) is 18.7. The van der Waals surface area contributed by atoms with Crippen LogP contribution in [0.15, 0.2) is 53.4 Å². The van der Waals surface area contributed by atoms with Crippen LogP contribution in [0.2, 0.25) is 0 Å². The number of hydrogen-bond acceptors (Lipinski definition) is 5. The van der Waals surface area contributed by atoms with E-state index >= 15 is 0 Å². The lowest BCUT2D eigenvalue weighted by molar-refractivity contribution is -0.384. The van der Waals surface area contributed by atoms with Gasteiger partial charge in [-0.2, -0.15) is 4.31 Å². The lowest BCUT2D eigenvalue weighted by Gasteiger charge is -2.21. The zero-order valence-electron chi connectivity index (χ0n) is 14.5. The van der Waals surface area contributed by atoms with E-state index in [1.165, 1.54) is 22.5 Å². The minimum atomic E-state index is -3.69. The second kappa shape index (κ2) is 7.43. The molecule has 0 aromatic heterocycles. The second-order valence-electron chi connectivity index (χ2n) is 6.36. The van der Waals surface area contributed by atoms with Gasteiger partial charge in [-0.3, -0.25) is 10.1 Å². The van der Waals surface area contributed by atoms with E-state index in [0.29, 0.717) is 25.3 Å². The van der Waals surface area contributed by atoms with Crippen molar-refractivity contribution in [2.24, 2.45) is 0 Å². The van der Waals surface area contributed by atoms with Crippen molar-refractivity contribution in [2.45, 2.75) is 24.3 Å². The summed E-state index contributed by atoms with van der Waals surface area (Å²) in [5.74, 6) is 0.